The van der Waals surface area contributed by atoms with Crippen molar-refractivity contribution in [3.63, 3.8) is 0 Å². The first-order valence-electron chi connectivity index (χ1n) is 8.99. The number of nitrogens with zero attached hydrogens (tertiary/aromatic N) is 1. The molecule has 2 N–H and O–H groups in total. The number of aliphatic hydroxyl groups excluding tert-OH is 1. The summed E-state index contributed by atoms with van der Waals surface area (Å²) >= 11 is 5.80. The highest BCUT2D eigenvalue weighted by molar-refractivity contribution is 6.29. The molecule has 1 heterocycles. The lowest BCUT2D eigenvalue weighted by molar-refractivity contribution is 0.174. The molecule has 0 fully saturated rings. The minimum Gasteiger partial charge on any atom is -0.493 e. The first-order valence-corrected chi connectivity index (χ1v) is 9.37. The molecule has 29 heavy (non-hydrogen) atoms. The molecule has 3 aromatic rings. The van der Waals surface area contributed by atoms with E-state index >= 15 is 0 Å². The second-order valence-electron chi connectivity index (χ2n) is 6.32. The van der Waals surface area contributed by atoms with Crippen LogP contribution in [0, 0.1) is 0 Å². The van der Waals surface area contributed by atoms with Crippen molar-refractivity contribution in [1.29, 1.82) is 0 Å². The molecule has 0 radical (unpaired) electrons. The van der Waals surface area contributed by atoms with Crippen LogP contribution < -0.4 is 14.8 Å². The Hall–Kier alpha value is -2.31. The molecule has 0 saturated carbocycles. The van der Waals surface area contributed by atoms with Crippen molar-refractivity contribution in [3.8, 4) is 11.5 Å². The molecule has 0 aliphatic carbocycles. The van der Waals surface area contributed by atoms with Crippen LogP contribution in [0.5, 0.6) is 11.5 Å². The number of aromatic nitrogens is 1. The van der Waals surface area contributed by atoms with Gasteiger partial charge in [-0.25, -0.2) is 4.98 Å². The van der Waals surface area contributed by atoms with E-state index in [0.29, 0.717) is 36.3 Å². The van der Waals surface area contributed by atoms with Crippen LogP contribution in [0.1, 0.15) is 22.8 Å². The zero-order valence-corrected chi connectivity index (χ0v) is 17.6. The van der Waals surface area contributed by atoms with Crippen molar-refractivity contribution in [2.45, 2.75) is 19.3 Å². The molecule has 5 nitrogen and oxygen atoms in total. The van der Waals surface area contributed by atoms with Crippen molar-refractivity contribution in [2.75, 3.05) is 13.7 Å². The van der Waals surface area contributed by atoms with E-state index in [9.17, 15) is 5.11 Å². The lowest BCUT2D eigenvalue weighted by Gasteiger charge is -2.14. The van der Waals surface area contributed by atoms with E-state index in [1.165, 1.54) is 0 Å². The number of hydrogen-bond acceptors (Lipinski definition) is 5. The lowest BCUT2D eigenvalue weighted by atomic mass is 10.1. The largest absolute Gasteiger partial charge is 0.493 e. The Morgan fingerprint density at radius 1 is 1.03 bits per heavy atom. The maximum absolute atomic E-state index is 10.2. The van der Waals surface area contributed by atoms with Gasteiger partial charge in [-0.1, -0.05) is 54.1 Å². The van der Waals surface area contributed by atoms with Gasteiger partial charge in [0.15, 0.2) is 11.5 Å². The summed E-state index contributed by atoms with van der Waals surface area (Å²) in [6.45, 7) is 1.46. The van der Waals surface area contributed by atoms with Crippen LogP contribution >= 0.6 is 24.0 Å². The number of nitrogens with one attached hydrogen (secondary N) is 1. The van der Waals surface area contributed by atoms with E-state index < -0.39 is 6.10 Å². The van der Waals surface area contributed by atoms with Gasteiger partial charge in [-0.05, 0) is 29.3 Å². The third-order valence-corrected chi connectivity index (χ3v) is 4.49. The number of halogens is 2. The van der Waals surface area contributed by atoms with Crippen LogP contribution in [0.4, 0.5) is 0 Å². The Morgan fingerprint density at radius 2 is 1.79 bits per heavy atom. The minimum absolute atomic E-state index is 0. The van der Waals surface area contributed by atoms with Gasteiger partial charge < -0.3 is 19.9 Å². The average Bonchev–Trinajstić information content (AvgIpc) is 2.74. The summed E-state index contributed by atoms with van der Waals surface area (Å²) in [6, 6.07) is 19.0. The lowest BCUT2D eigenvalue weighted by Crippen LogP contribution is -2.21. The third kappa shape index (κ3) is 6.91. The number of aliphatic hydroxyl groups is 1. The molecular weight excluding hydrogens is 411 g/mol. The van der Waals surface area contributed by atoms with Crippen LogP contribution in [0.2, 0.25) is 5.15 Å². The molecule has 3 rings (SSSR count). The number of pyridine rings is 1. The highest BCUT2D eigenvalue weighted by atomic mass is 35.5. The van der Waals surface area contributed by atoms with E-state index in [-0.39, 0.29) is 12.4 Å². The third-order valence-electron chi connectivity index (χ3n) is 4.26. The van der Waals surface area contributed by atoms with Gasteiger partial charge in [0.25, 0.3) is 0 Å². The smallest absolute Gasteiger partial charge is 0.161 e. The van der Waals surface area contributed by atoms with Crippen molar-refractivity contribution in [1.82, 2.24) is 10.3 Å². The number of ether oxygens (including phenoxy) is 2. The topological polar surface area (TPSA) is 63.6 Å². The van der Waals surface area contributed by atoms with Crippen molar-refractivity contribution in [3.05, 3.63) is 88.7 Å². The van der Waals surface area contributed by atoms with Gasteiger partial charge in [-0.2, -0.15) is 0 Å². The first-order chi connectivity index (χ1) is 13.7. The zero-order valence-electron chi connectivity index (χ0n) is 16.0. The standard InChI is InChI=1S/C22H23ClN2O3.ClH/c1-27-21-11-16(12-24-14-19(26)18-5-3-2-4-6-18)7-9-20(21)28-15-17-8-10-22(23)25-13-17;/h2-11,13,19,24,26H,12,14-15H2,1H3;1H. The maximum atomic E-state index is 10.2. The molecule has 1 unspecified atom stereocenters. The van der Waals surface area contributed by atoms with E-state index in [4.69, 9.17) is 21.1 Å². The second-order valence-corrected chi connectivity index (χ2v) is 6.71. The summed E-state index contributed by atoms with van der Waals surface area (Å²) in [5.74, 6) is 1.32. The van der Waals surface area contributed by atoms with Gasteiger partial charge >= 0.3 is 0 Å². The number of hydrogen-bond donors (Lipinski definition) is 2. The van der Waals surface area contributed by atoms with Gasteiger partial charge in [0.05, 0.1) is 13.2 Å². The second kappa shape index (κ2) is 11.6. The number of methoxy groups -OCH3 is 1. The normalized spacial score (nSPS) is 11.4. The number of benzene rings is 2. The van der Waals surface area contributed by atoms with Crippen molar-refractivity contribution < 1.29 is 14.6 Å². The molecule has 0 bridgehead atoms. The minimum atomic E-state index is -0.543. The van der Waals surface area contributed by atoms with Gasteiger partial charge in [0, 0.05) is 24.8 Å². The number of rotatable bonds is 9. The molecular formula is C22H24Cl2N2O3. The van der Waals surface area contributed by atoms with Crippen molar-refractivity contribution >= 4 is 24.0 Å². The molecule has 0 spiro atoms. The highest BCUT2D eigenvalue weighted by Gasteiger charge is 2.09. The first kappa shape index (κ1) is 23.0. The van der Waals surface area contributed by atoms with E-state index in [2.05, 4.69) is 10.3 Å². The Balaban J connectivity index is 0.00000300. The molecule has 7 heteroatoms. The maximum Gasteiger partial charge on any atom is 0.161 e. The van der Waals surface area contributed by atoms with Crippen molar-refractivity contribution in [2.24, 2.45) is 0 Å². The summed E-state index contributed by atoms with van der Waals surface area (Å²) in [7, 11) is 1.61. The van der Waals surface area contributed by atoms with E-state index in [0.717, 1.165) is 16.7 Å². The molecule has 0 amide bonds. The van der Waals surface area contributed by atoms with Crippen LogP contribution in [0.25, 0.3) is 0 Å². The quantitative estimate of drug-likeness (QED) is 0.483. The average molecular weight is 435 g/mol. The monoisotopic (exact) mass is 434 g/mol. The Kier molecular flexibility index (Phi) is 9.22. The van der Waals surface area contributed by atoms with Crippen LogP contribution in [0.3, 0.4) is 0 Å². The molecule has 0 saturated heterocycles. The van der Waals surface area contributed by atoms with Gasteiger partial charge in [0.1, 0.15) is 11.8 Å². The highest BCUT2D eigenvalue weighted by Crippen LogP contribution is 2.29. The molecule has 1 aromatic heterocycles. The molecule has 0 aliphatic heterocycles. The predicted molar refractivity (Wildman–Crippen MR) is 117 cm³/mol. The summed E-state index contributed by atoms with van der Waals surface area (Å²) in [4.78, 5) is 4.04. The zero-order chi connectivity index (χ0) is 19.8. The van der Waals surface area contributed by atoms with E-state index in [1.54, 1.807) is 19.4 Å². The van der Waals surface area contributed by atoms with Crippen LogP contribution in [-0.4, -0.2) is 23.7 Å². The fourth-order valence-electron chi connectivity index (χ4n) is 2.74. The van der Waals surface area contributed by atoms with Crippen LogP contribution in [0.15, 0.2) is 66.9 Å². The predicted octanol–water partition coefficient (Wildman–Crippen LogP) is 4.57. The van der Waals surface area contributed by atoms with Gasteiger partial charge in [-0.3, -0.25) is 0 Å². The van der Waals surface area contributed by atoms with E-state index in [1.807, 2.05) is 54.6 Å². The summed E-state index contributed by atoms with van der Waals surface area (Å²) in [5, 5.41) is 13.9. The summed E-state index contributed by atoms with van der Waals surface area (Å²) in [5.41, 5.74) is 2.86. The fourth-order valence-corrected chi connectivity index (χ4v) is 2.85. The summed E-state index contributed by atoms with van der Waals surface area (Å²) in [6.07, 6.45) is 1.14. The SMILES string of the molecule is COc1cc(CNCC(O)c2ccccc2)ccc1OCc1ccc(Cl)nc1.Cl. The van der Waals surface area contributed by atoms with Crippen LogP contribution in [-0.2, 0) is 13.2 Å². The Labute approximate surface area is 182 Å². The molecule has 2 aromatic carbocycles. The Bertz CT molecular complexity index is 877. The summed E-state index contributed by atoms with van der Waals surface area (Å²) < 4.78 is 11.3. The molecule has 1 atom stereocenters. The molecule has 154 valence electrons. The Morgan fingerprint density at radius 3 is 2.48 bits per heavy atom. The van der Waals surface area contributed by atoms with Gasteiger partial charge in [-0.15, -0.1) is 12.4 Å². The fraction of sp³-hybridized carbons (Fsp3) is 0.227. The molecule has 0 aliphatic rings. The van der Waals surface area contributed by atoms with Gasteiger partial charge in [0.2, 0.25) is 0 Å².